The van der Waals surface area contributed by atoms with Crippen LogP contribution in [0.4, 0.5) is 0 Å². The van der Waals surface area contributed by atoms with Crippen LogP contribution < -0.4 is 5.48 Å². The van der Waals surface area contributed by atoms with Crippen LogP contribution in [0.2, 0.25) is 0 Å². The lowest BCUT2D eigenvalue weighted by Crippen LogP contribution is -2.13. The molecule has 0 amide bonds. The summed E-state index contributed by atoms with van der Waals surface area (Å²) < 4.78 is 9.59. The Morgan fingerprint density at radius 1 is 1.89 bits per heavy atom. The molecule has 0 aromatic heterocycles. The lowest BCUT2D eigenvalue weighted by Gasteiger charge is -2.01. The lowest BCUT2D eigenvalue weighted by molar-refractivity contribution is 0.00690. The Balaban J connectivity index is 2.11. The van der Waals surface area contributed by atoms with E-state index in [1.165, 1.54) is 6.26 Å². The van der Waals surface area contributed by atoms with Gasteiger partial charge < -0.3 is 9.47 Å². The molecule has 9 heavy (non-hydrogen) atoms. The Labute approximate surface area is 53.3 Å². The van der Waals surface area contributed by atoms with Crippen LogP contribution in [0.5, 0.6) is 0 Å². The summed E-state index contributed by atoms with van der Waals surface area (Å²) >= 11 is 0. The second-order valence-electron chi connectivity index (χ2n) is 1.45. The lowest BCUT2D eigenvalue weighted by atomic mass is 10.9. The summed E-state index contributed by atoms with van der Waals surface area (Å²) in [6, 6.07) is 0. The van der Waals surface area contributed by atoms with Gasteiger partial charge in [-0.1, -0.05) is 0 Å². The first-order chi connectivity index (χ1) is 4.43. The predicted molar refractivity (Wildman–Crippen MR) is 29.9 cm³/mol. The van der Waals surface area contributed by atoms with E-state index in [-0.39, 0.29) is 6.79 Å². The molecule has 0 radical (unpaired) electrons. The molecule has 1 rings (SSSR count). The molecule has 1 heterocycles. The molecule has 0 saturated carbocycles. The molecule has 0 aromatic carbocycles. The van der Waals surface area contributed by atoms with E-state index in [4.69, 9.17) is 14.3 Å². The van der Waals surface area contributed by atoms with Crippen LogP contribution in [0, 0.1) is 0 Å². The minimum absolute atomic E-state index is 0.273. The molecular formula is C5H9NO3. The average Bonchev–Trinajstić information content (AvgIpc) is 2.34. The number of ether oxygens (including phenoxy) is 2. The number of nitrogens with one attached hydrogen (secondary N) is 1. The van der Waals surface area contributed by atoms with Gasteiger partial charge in [-0.25, -0.2) is 5.48 Å². The van der Waals surface area contributed by atoms with Gasteiger partial charge in [0, 0.05) is 0 Å². The summed E-state index contributed by atoms with van der Waals surface area (Å²) in [5.41, 5.74) is 2.55. The Bertz CT molecular complexity index is 113. The third-order valence-electron chi connectivity index (χ3n) is 0.790. The van der Waals surface area contributed by atoms with E-state index in [0.29, 0.717) is 12.5 Å². The Morgan fingerprint density at radius 3 is 3.33 bits per heavy atom. The zero-order valence-electron chi connectivity index (χ0n) is 5.22. The van der Waals surface area contributed by atoms with Gasteiger partial charge in [-0.2, -0.15) is 0 Å². The predicted octanol–water partition coefficient (Wildman–Crippen LogP) is 0.331. The molecule has 0 atom stereocenters. The maximum atomic E-state index is 4.86. The Hall–Kier alpha value is -0.900. The van der Waals surface area contributed by atoms with Crippen LogP contribution >= 0.6 is 0 Å². The minimum Gasteiger partial charge on any atom is -0.459 e. The average molecular weight is 131 g/mol. The van der Waals surface area contributed by atoms with Crippen LogP contribution in [0.25, 0.3) is 0 Å². The first kappa shape index (κ1) is 6.22. The molecule has 0 saturated heterocycles. The fourth-order valence-electron chi connectivity index (χ4n) is 0.438. The summed E-state index contributed by atoms with van der Waals surface area (Å²) in [5, 5.41) is 0. The zero-order valence-corrected chi connectivity index (χ0v) is 5.22. The number of rotatable bonds is 3. The van der Waals surface area contributed by atoms with Crippen LogP contribution in [0.3, 0.4) is 0 Å². The van der Waals surface area contributed by atoms with Crippen molar-refractivity contribution in [1.29, 1.82) is 0 Å². The van der Waals surface area contributed by atoms with Gasteiger partial charge in [-0.15, -0.1) is 0 Å². The summed E-state index contributed by atoms with van der Waals surface area (Å²) in [4.78, 5) is 4.79. The highest BCUT2D eigenvalue weighted by Crippen LogP contribution is 2.01. The normalized spacial score (nSPS) is 15.9. The van der Waals surface area contributed by atoms with E-state index in [1.54, 1.807) is 0 Å². The van der Waals surface area contributed by atoms with Crippen molar-refractivity contribution >= 4 is 0 Å². The fourth-order valence-corrected chi connectivity index (χ4v) is 0.438. The van der Waals surface area contributed by atoms with Gasteiger partial charge in [0.05, 0.1) is 6.61 Å². The van der Waals surface area contributed by atoms with Crippen LogP contribution in [0.15, 0.2) is 12.1 Å². The second-order valence-corrected chi connectivity index (χ2v) is 1.45. The van der Waals surface area contributed by atoms with E-state index in [2.05, 4.69) is 5.48 Å². The molecule has 0 aliphatic carbocycles. The molecule has 4 nitrogen and oxygen atoms in total. The van der Waals surface area contributed by atoms with Crippen LogP contribution in [-0.2, 0) is 14.3 Å². The molecule has 0 fully saturated rings. The SMILES string of the molecule is CCONC1=COCO1. The Kier molecular flexibility index (Phi) is 2.21. The highest BCUT2D eigenvalue weighted by Gasteiger charge is 2.03. The third-order valence-corrected chi connectivity index (χ3v) is 0.790. The maximum absolute atomic E-state index is 4.86. The molecule has 0 unspecified atom stereocenters. The van der Waals surface area contributed by atoms with Crippen LogP contribution in [0.1, 0.15) is 6.92 Å². The third kappa shape index (κ3) is 1.81. The van der Waals surface area contributed by atoms with Gasteiger partial charge in [0.2, 0.25) is 12.7 Å². The highest BCUT2D eigenvalue weighted by molar-refractivity contribution is 4.83. The van der Waals surface area contributed by atoms with E-state index in [1.807, 2.05) is 6.92 Å². The van der Waals surface area contributed by atoms with Gasteiger partial charge in [0.25, 0.3) is 0 Å². The molecule has 1 aliphatic heterocycles. The van der Waals surface area contributed by atoms with Crippen molar-refractivity contribution in [1.82, 2.24) is 5.48 Å². The first-order valence-electron chi connectivity index (χ1n) is 2.76. The molecule has 52 valence electrons. The van der Waals surface area contributed by atoms with Crippen molar-refractivity contribution in [2.45, 2.75) is 6.92 Å². The molecule has 4 heteroatoms. The first-order valence-corrected chi connectivity index (χ1v) is 2.76. The van der Waals surface area contributed by atoms with E-state index >= 15 is 0 Å². The minimum atomic E-state index is 0.273. The molecule has 0 bridgehead atoms. The maximum Gasteiger partial charge on any atom is 0.250 e. The van der Waals surface area contributed by atoms with Gasteiger partial charge in [-0.3, -0.25) is 4.84 Å². The summed E-state index contributed by atoms with van der Waals surface area (Å²) in [5.74, 6) is 0.525. The zero-order chi connectivity index (χ0) is 6.53. The summed E-state index contributed by atoms with van der Waals surface area (Å²) in [6.07, 6.45) is 1.47. The van der Waals surface area contributed by atoms with Crippen molar-refractivity contribution in [3.05, 3.63) is 12.1 Å². The van der Waals surface area contributed by atoms with E-state index in [9.17, 15) is 0 Å². The van der Waals surface area contributed by atoms with Crippen molar-refractivity contribution in [2.24, 2.45) is 0 Å². The van der Waals surface area contributed by atoms with Gasteiger partial charge in [0.15, 0.2) is 0 Å². The molecule has 0 aromatic rings. The summed E-state index contributed by atoms with van der Waals surface area (Å²) in [7, 11) is 0. The number of hydrogen-bond donors (Lipinski definition) is 1. The topological polar surface area (TPSA) is 39.7 Å². The van der Waals surface area contributed by atoms with Crippen molar-refractivity contribution in [3.63, 3.8) is 0 Å². The number of hydroxylamine groups is 1. The number of hydrogen-bond acceptors (Lipinski definition) is 4. The van der Waals surface area contributed by atoms with E-state index in [0.717, 1.165) is 0 Å². The van der Waals surface area contributed by atoms with Gasteiger partial charge >= 0.3 is 0 Å². The molecule has 1 N–H and O–H groups in total. The largest absolute Gasteiger partial charge is 0.459 e. The molecular weight excluding hydrogens is 122 g/mol. The Morgan fingerprint density at radius 2 is 2.78 bits per heavy atom. The standard InChI is InChI=1S/C5H9NO3/c1-2-9-6-5-3-7-4-8-5/h3,6H,2,4H2,1H3. The van der Waals surface area contributed by atoms with Crippen molar-refractivity contribution in [3.8, 4) is 0 Å². The van der Waals surface area contributed by atoms with Crippen molar-refractivity contribution < 1.29 is 14.3 Å². The van der Waals surface area contributed by atoms with Crippen LogP contribution in [-0.4, -0.2) is 13.4 Å². The van der Waals surface area contributed by atoms with Gasteiger partial charge in [0.1, 0.15) is 6.26 Å². The van der Waals surface area contributed by atoms with Gasteiger partial charge in [-0.05, 0) is 6.92 Å². The van der Waals surface area contributed by atoms with Crippen molar-refractivity contribution in [2.75, 3.05) is 13.4 Å². The fraction of sp³-hybridized carbons (Fsp3) is 0.600. The molecule has 1 aliphatic rings. The van der Waals surface area contributed by atoms with E-state index < -0.39 is 0 Å². The highest BCUT2D eigenvalue weighted by atomic mass is 16.7. The monoisotopic (exact) mass is 131 g/mol. The quantitative estimate of drug-likeness (QED) is 0.560. The summed E-state index contributed by atoms with van der Waals surface area (Å²) in [6.45, 7) is 2.75. The second kappa shape index (κ2) is 3.19. The molecule has 0 spiro atoms. The smallest absolute Gasteiger partial charge is 0.250 e.